The van der Waals surface area contributed by atoms with Gasteiger partial charge in [-0.3, -0.25) is 15.0 Å². The van der Waals surface area contributed by atoms with Gasteiger partial charge >= 0.3 is 0 Å². The van der Waals surface area contributed by atoms with E-state index in [1.807, 2.05) is 0 Å². The minimum absolute atomic E-state index is 0.0385. The van der Waals surface area contributed by atoms with Gasteiger partial charge in [-0.2, -0.15) is 0 Å². The van der Waals surface area contributed by atoms with E-state index in [9.17, 15) is 10.1 Å². The monoisotopic (exact) mass is 317 g/mol. The van der Waals surface area contributed by atoms with Crippen LogP contribution in [0, 0.1) is 10.1 Å². The summed E-state index contributed by atoms with van der Waals surface area (Å²) in [6.45, 7) is 6.19. The number of morpholine rings is 1. The Bertz CT molecular complexity index is 703. The minimum atomic E-state index is -0.410. The lowest BCUT2D eigenvalue weighted by atomic mass is 10.2. The van der Waals surface area contributed by atoms with E-state index in [2.05, 4.69) is 27.1 Å². The molecule has 0 bridgehead atoms. The standard InChI is InChI=1S/C15H19N5O3/c1-11(19-4-6-23-7-5-19)9-16-15-13-8-12(20(21)22)2-3-14(13)17-10-18-15/h2-3,8,10-11H,4-7,9H2,1H3,(H,16,17,18)/t11-/m1/s1. The number of nitrogens with zero attached hydrogens (tertiary/aromatic N) is 4. The normalized spacial score (nSPS) is 17.1. The van der Waals surface area contributed by atoms with Crippen LogP contribution in [0.1, 0.15) is 6.92 Å². The summed E-state index contributed by atoms with van der Waals surface area (Å²) in [5, 5.41) is 14.9. The van der Waals surface area contributed by atoms with Crippen molar-refractivity contribution in [1.82, 2.24) is 14.9 Å². The smallest absolute Gasteiger partial charge is 0.270 e. The third kappa shape index (κ3) is 3.54. The van der Waals surface area contributed by atoms with Gasteiger partial charge in [0.15, 0.2) is 0 Å². The molecular weight excluding hydrogens is 298 g/mol. The van der Waals surface area contributed by atoms with Crippen molar-refractivity contribution in [3.8, 4) is 0 Å². The summed E-state index contributed by atoms with van der Waals surface area (Å²) in [6, 6.07) is 4.93. The molecule has 0 radical (unpaired) electrons. The first-order chi connectivity index (χ1) is 11.1. The Balaban J connectivity index is 1.76. The van der Waals surface area contributed by atoms with Crippen LogP contribution in [0.25, 0.3) is 10.9 Å². The molecule has 0 amide bonds. The number of non-ortho nitro benzene ring substituents is 1. The first-order valence-corrected chi connectivity index (χ1v) is 7.60. The SMILES string of the molecule is C[C@H](CNc1ncnc2ccc([N+](=O)[O-])cc12)N1CCOCC1. The van der Waals surface area contributed by atoms with E-state index in [0.717, 1.165) is 26.3 Å². The van der Waals surface area contributed by atoms with Crippen LogP contribution in [0.5, 0.6) is 0 Å². The number of nitro groups is 1. The van der Waals surface area contributed by atoms with Gasteiger partial charge in [-0.25, -0.2) is 9.97 Å². The number of rotatable bonds is 5. The summed E-state index contributed by atoms with van der Waals surface area (Å²) in [6.07, 6.45) is 1.47. The van der Waals surface area contributed by atoms with Gasteiger partial charge in [0.2, 0.25) is 0 Å². The van der Waals surface area contributed by atoms with E-state index in [1.165, 1.54) is 18.5 Å². The molecule has 23 heavy (non-hydrogen) atoms. The second-order valence-corrected chi connectivity index (χ2v) is 5.56. The Kier molecular flexibility index (Phi) is 4.63. The fraction of sp³-hybridized carbons (Fsp3) is 0.467. The Morgan fingerprint density at radius 2 is 2.17 bits per heavy atom. The van der Waals surface area contributed by atoms with Crippen LogP contribution in [-0.4, -0.2) is 58.7 Å². The highest BCUT2D eigenvalue weighted by Gasteiger charge is 2.17. The second-order valence-electron chi connectivity index (χ2n) is 5.56. The van der Waals surface area contributed by atoms with E-state index in [4.69, 9.17) is 4.74 Å². The van der Waals surface area contributed by atoms with Crippen LogP contribution >= 0.6 is 0 Å². The highest BCUT2D eigenvalue weighted by molar-refractivity contribution is 5.90. The molecular formula is C15H19N5O3. The number of aromatic nitrogens is 2. The molecule has 1 fully saturated rings. The van der Waals surface area contributed by atoms with Crippen molar-refractivity contribution in [2.45, 2.75) is 13.0 Å². The van der Waals surface area contributed by atoms with E-state index < -0.39 is 4.92 Å². The van der Waals surface area contributed by atoms with Crippen molar-refractivity contribution in [3.63, 3.8) is 0 Å². The van der Waals surface area contributed by atoms with Gasteiger partial charge in [0.1, 0.15) is 12.1 Å². The number of nitro benzene ring substituents is 1. The van der Waals surface area contributed by atoms with Crippen molar-refractivity contribution in [1.29, 1.82) is 0 Å². The van der Waals surface area contributed by atoms with Crippen LogP contribution in [0.15, 0.2) is 24.5 Å². The van der Waals surface area contributed by atoms with E-state index >= 15 is 0 Å². The predicted molar refractivity (Wildman–Crippen MR) is 86.5 cm³/mol. The van der Waals surface area contributed by atoms with Gasteiger partial charge in [-0.05, 0) is 13.0 Å². The summed E-state index contributed by atoms with van der Waals surface area (Å²) >= 11 is 0. The van der Waals surface area contributed by atoms with Crippen molar-refractivity contribution in [2.75, 3.05) is 38.2 Å². The van der Waals surface area contributed by atoms with Crippen molar-refractivity contribution in [2.24, 2.45) is 0 Å². The lowest BCUT2D eigenvalue weighted by Crippen LogP contribution is -2.45. The molecule has 8 nitrogen and oxygen atoms in total. The zero-order valence-corrected chi connectivity index (χ0v) is 12.9. The van der Waals surface area contributed by atoms with Crippen molar-refractivity contribution >= 4 is 22.4 Å². The highest BCUT2D eigenvalue weighted by atomic mass is 16.6. The molecule has 0 aliphatic carbocycles. The predicted octanol–water partition coefficient (Wildman–Crippen LogP) is 1.67. The highest BCUT2D eigenvalue weighted by Crippen LogP contribution is 2.24. The van der Waals surface area contributed by atoms with Gasteiger partial charge < -0.3 is 10.1 Å². The second kappa shape index (κ2) is 6.84. The zero-order valence-electron chi connectivity index (χ0n) is 12.9. The van der Waals surface area contributed by atoms with Crippen molar-refractivity contribution in [3.05, 3.63) is 34.6 Å². The third-order valence-corrected chi connectivity index (χ3v) is 4.06. The minimum Gasteiger partial charge on any atom is -0.379 e. The van der Waals surface area contributed by atoms with E-state index in [1.54, 1.807) is 6.07 Å². The molecule has 1 saturated heterocycles. The number of hydrogen-bond donors (Lipinski definition) is 1. The number of benzene rings is 1. The largest absolute Gasteiger partial charge is 0.379 e. The lowest BCUT2D eigenvalue weighted by molar-refractivity contribution is -0.384. The van der Waals surface area contributed by atoms with E-state index in [-0.39, 0.29) is 5.69 Å². The van der Waals surface area contributed by atoms with Crippen LogP contribution in [-0.2, 0) is 4.74 Å². The maximum absolute atomic E-state index is 11.0. The van der Waals surface area contributed by atoms with Gasteiger partial charge in [-0.1, -0.05) is 0 Å². The molecule has 3 rings (SSSR count). The molecule has 1 N–H and O–H groups in total. The number of anilines is 1. The first-order valence-electron chi connectivity index (χ1n) is 7.60. The summed E-state index contributed by atoms with van der Waals surface area (Å²) in [5.74, 6) is 0.624. The van der Waals surface area contributed by atoms with Gasteiger partial charge in [0.25, 0.3) is 5.69 Å². The molecule has 1 aliphatic heterocycles. The Morgan fingerprint density at radius 3 is 2.91 bits per heavy atom. The molecule has 0 unspecified atom stereocenters. The first kappa shape index (κ1) is 15.6. The zero-order chi connectivity index (χ0) is 16.2. The molecule has 1 aromatic heterocycles. The maximum Gasteiger partial charge on any atom is 0.270 e. The van der Waals surface area contributed by atoms with Crippen LogP contribution in [0.4, 0.5) is 11.5 Å². The van der Waals surface area contributed by atoms with Crippen LogP contribution in [0.2, 0.25) is 0 Å². The Hall–Kier alpha value is -2.32. The summed E-state index contributed by atoms with van der Waals surface area (Å²) in [4.78, 5) is 21.3. The average molecular weight is 317 g/mol. The van der Waals surface area contributed by atoms with E-state index in [0.29, 0.717) is 29.3 Å². The van der Waals surface area contributed by atoms with Gasteiger partial charge in [-0.15, -0.1) is 0 Å². The topological polar surface area (TPSA) is 93.4 Å². The van der Waals surface area contributed by atoms with Crippen molar-refractivity contribution < 1.29 is 9.66 Å². The molecule has 2 aromatic rings. The number of fused-ring (bicyclic) bond motifs is 1. The summed E-state index contributed by atoms with van der Waals surface area (Å²) in [7, 11) is 0. The lowest BCUT2D eigenvalue weighted by Gasteiger charge is -2.32. The number of hydrogen-bond acceptors (Lipinski definition) is 7. The molecule has 0 spiro atoms. The maximum atomic E-state index is 11.0. The molecule has 0 saturated carbocycles. The quantitative estimate of drug-likeness (QED) is 0.662. The molecule has 1 aromatic carbocycles. The van der Waals surface area contributed by atoms with Crippen LogP contribution in [0.3, 0.4) is 0 Å². The Morgan fingerprint density at radius 1 is 1.39 bits per heavy atom. The van der Waals surface area contributed by atoms with Gasteiger partial charge in [0.05, 0.1) is 23.7 Å². The average Bonchev–Trinajstić information content (AvgIpc) is 2.59. The fourth-order valence-corrected chi connectivity index (χ4v) is 2.69. The fourth-order valence-electron chi connectivity index (χ4n) is 2.69. The number of ether oxygens (including phenoxy) is 1. The van der Waals surface area contributed by atoms with Gasteiger partial charge in [0, 0.05) is 43.2 Å². The van der Waals surface area contributed by atoms with Crippen LogP contribution < -0.4 is 5.32 Å². The molecule has 2 heterocycles. The summed E-state index contributed by atoms with van der Waals surface area (Å²) in [5.41, 5.74) is 0.726. The number of nitrogens with one attached hydrogen (secondary N) is 1. The third-order valence-electron chi connectivity index (χ3n) is 4.06. The molecule has 122 valence electrons. The molecule has 1 aliphatic rings. The molecule has 8 heteroatoms. The molecule has 1 atom stereocenters. The Labute approximate surface area is 133 Å². The summed E-state index contributed by atoms with van der Waals surface area (Å²) < 4.78 is 5.36.